The molecule has 7 nitrogen and oxygen atoms in total. The summed E-state index contributed by atoms with van der Waals surface area (Å²) in [7, 11) is 0. The van der Waals surface area contributed by atoms with Crippen molar-refractivity contribution < 1.29 is 9.45 Å². The van der Waals surface area contributed by atoms with E-state index in [1.54, 1.807) is 6.07 Å². The molecule has 0 amide bonds. The van der Waals surface area contributed by atoms with Gasteiger partial charge in [0.15, 0.2) is 5.82 Å². The smallest absolute Gasteiger partial charge is 0.271 e. The minimum Gasteiger partial charge on any atom is -0.334 e. The number of benzene rings is 1. The molecule has 8 heteroatoms. The summed E-state index contributed by atoms with van der Waals surface area (Å²) < 4.78 is 5.20. The quantitative estimate of drug-likeness (QED) is 0.689. The molecular formula is C13H13ClN4O3. The molecule has 0 atom stereocenters. The number of halogens is 1. The SMILES string of the molecule is NC1(c2noc(-c3cc(Cl)cc([N+](=O)[O-])c3)n2)CCCC1. The van der Waals surface area contributed by atoms with Crippen molar-refractivity contribution in [2.24, 2.45) is 5.73 Å². The number of nitro groups is 1. The number of rotatable bonds is 3. The van der Waals surface area contributed by atoms with Crippen LogP contribution in [0.5, 0.6) is 0 Å². The second-order valence-corrected chi connectivity index (χ2v) is 5.68. The van der Waals surface area contributed by atoms with Crippen LogP contribution in [0.15, 0.2) is 22.7 Å². The Bertz CT molecular complexity index is 694. The molecule has 0 aliphatic heterocycles. The highest BCUT2D eigenvalue weighted by Gasteiger charge is 2.36. The Morgan fingerprint density at radius 1 is 1.33 bits per heavy atom. The second kappa shape index (κ2) is 5.09. The van der Waals surface area contributed by atoms with E-state index < -0.39 is 10.5 Å². The third-order valence-electron chi connectivity index (χ3n) is 3.71. The summed E-state index contributed by atoms with van der Waals surface area (Å²) >= 11 is 5.89. The molecule has 0 bridgehead atoms. The van der Waals surface area contributed by atoms with Crippen LogP contribution >= 0.6 is 11.6 Å². The van der Waals surface area contributed by atoms with Crippen molar-refractivity contribution in [2.75, 3.05) is 0 Å². The first-order valence-corrected chi connectivity index (χ1v) is 6.94. The highest BCUT2D eigenvalue weighted by molar-refractivity contribution is 6.31. The van der Waals surface area contributed by atoms with Gasteiger partial charge >= 0.3 is 0 Å². The standard InChI is InChI=1S/C13H13ClN4O3/c14-9-5-8(6-10(7-9)18(19)20)11-16-12(17-21-11)13(15)3-1-2-4-13/h5-7H,1-4,15H2. The van der Waals surface area contributed by atoms with E-state index in [-0.39, 0.29) is 16.6 Å². The van der Waals surface area contributed by atoms with Gasteiger partial charge in [0.2, 0.25) is 0 Å². The molecule has 1 aliphatic carbocycles. The number of nitrogens with zero attached hydrogens (tertiary/aromatic N) is 3. The third-order valence-corrected chi connectivity index (χ3v) is 3.93. The number of hydrogen-bond donors (Lipinski definition) is 1. The zero-order valence-electron chi connectivity index (χ0n) is 11.1. The summed E-state index contributed by atoms with van der Waals surface area (Å²) in [6.45, 7) is 0. The first-order chi connectivity index (χ1) is 9.98. The van der Waals surface area contributed by atoms with Gasteiger partial charge in [-0.25, -0.2) is 0 Å². The van der Waals surface area contributed by atoms with Gasteiger partial charge in [-0.2, -0.15) is 4.98 Å². The molecule has 21 heavy (non-hydrogen) atoms. The molecule has 1 aromatic carbocycles. The fourth-order valence-electron chi connectivity index (χ4n) is 2.58. The van der Waals surface area contributed by atoms with Crippen molar-refractivity contribution >= 4 is 17.3 Å². The molecule has 1 aliphatic rings. The largest absolute Gasteiger partial charge is 0.334 e. The molecule has 2 aromatic rings. The molecule has 1 heterocycles. The van der Waals surface area contributed by atoms with Crippen LogP contribution in [0, 0.1) is 10.1 Å². The molecule has 1 saturated carbocycles. The Morgan fingerprint density at radius 3 is 2.71 bits per heavy atom. The van der Waals surface area contributed by atoms with Crippen LogP contribution in [0.4, 0.5) is 5.69 Å². The van der Waals surface area contributed by atoms with Gasteiger partial charge in [-0.15, -0.1) is 0 Å². The summed E-state index contributed by atoms with van der Waals surface area (Å²) in [5, 5.41) is 15.0. The van der Waals surface area contributed by atoms with Crippen LogP contribution in [0.1, 0.15) is 31.5 Å². The van der Waals surface area contributed by atoms with Crippen molar-refractivity contribution in [3.05, 3.63) is 39.2 Å². The Labute approximate surface area is 125 Å². The van der Waals surface area contributed by atoms with Gasteiger partial charge in [0.25, 0.3) is 11.6 Å². The average Bonchev–Trinajstić information content (AvgIpc) is 3.07. The summed E-state index contributed by atoms with van der Waals surface area (Å²) in [5.74, 6) is 0.630. The van der Waals surface area contributed by atoms with E-state index in [0.29, 0.717) is 11.4 Å². The van der Waals surface area contributed by atoms with E-state index >= 15 is 0 Å². The maximum Gasteiger partial charge on any atom is 0.271 e. The Balaban J connectivity index is 1.98. The molecule has 0 saturated heterocycles. The minimum atomic E-state index is -0.563. The first-order valence-electron chi connectivity index (χ1n) is 6.56. The predicted octanol–water partition coefficient (Wildman–Crippen LogP) is 3.03. The van der Waals surface area contributed by atoms with E-state index in [2.05, 4.69) is 10.1 Å². The van der Waals surface area contributed by atoms with Gasteiger partial charge in [-0.3, -0.25) is 10.1 Å². The maximum atomic E-state index is 10.9. The summed E-state index contributed by atoms with van der Waals surface area (Å²) in [6.07, 6.45) is 3.68. The number of hydrogen-bond acceptors (Lipinski definition) is 6. The second-order valence-electron chi connectivity index (χ2n) is 5.24. The molecule has 1 fully saturated rings. The third kappa shape index (κ3) is 2.62. The lowest BCUT2D eigenvalue weighted by Gasteiger charge is -2.17. The number of aromatic nitrogens is 2. The van der Waals surface area contributed by atoms with Crippen molar-refractivity contribution in [3.63, 3.8) is 0 Å². The molecule has 0 spiro atoms. The zero-order chi connectivity index (χ0) is 15.0. The fraction of sp³-hybridized carbons (Fsp3) is 0.385. The van der Waals surface area contributed by atoms with E-state index in [4.69, 9.17) is 21.9 Å². The van der Waals surface area contributed by atoms with Crippen molar-refractivity contribution in [2.45, 2.75) is 31.2 Å². The van der Waals surface area contributed by atoms with E-state index in [0.717, 1.165) is 25.7 Å². The van der Waals surface area contributed by atoms with Crippen LogP contribution in [0.2, 0.25) is 5.02 Å². The summed E-state index contributed by atoms with van der Waals surface area (Å²) in [5.41, 5.74) is 5.98. The zero-order valence-corrected chi connectivity index (χ0v) is 11.8. The highest BCUT2D eigenvalue weighted by Crippen LogP contribution is 2.36. The highest BCUT2D eigenvalue weighted by atomic mass is 35.5. The van der Waals surface area contributed by atoms with E-state index in [1.807, 2.05) is 0 Å². The number of nitro benzene ring substituents is 1. The normalized spacial score (nSPS) is 17.0. The van der Waals surface area contributed by atoms with Crippen LogP contribution in [0.3, 0.4) is 0 Å². The molecular weight excluding hydrogens is 296 g/mol. The Morgan fingerprint density at radius 2 is 2.05 bits per heavy atom. The first kappa shape index (κ1) is 14.0. The maximum absolute atomic E-state index is 10.9. The molecule has 0 radical (unpaired) electrons. The average molecular weight is 309 g/mol. The van der Waals surface area contributed by atoms with Crippen molar-refractivity contribution in [1.82, 2.24) is 10.1 Å². The van der Waals surface area contributed by atoms with Gasteiger partial charge in [-0.05, 0) is 18.9 Å². The van der Waals surface area contributed by atoms with Gasteiger partial charge in [-0.1, -0.05) is 29.6 Å². The lowest BCUT2D eigenvalue weighted by Crippen LogP contribution is -2.34. The van der Waals surface area contributed by atoms with Gasteiger partial charge in [0.05, 0.1) is 10.5 Å². The molecule has 110 valence electrons. The van der Waals surface area contributed by atoms with E-state index in [9.17, 15) is 10.1 Å². The number of non-ortho nitro benzene ring substituents is 1. The lowest BCUT2D eigenvalue weighted by atomic mass is 9.99. The van der Waals surface area contributed by atoms with Gasteiger partial charge in [0, 0.05) is 22.7 Å². The molecule has 3 rings (SSSR count). The van der Waals surface area contributed by atoms with Crippen LogP contribution in [-0.4, -0.2) is 15.1 Å². The lowest BCUT2D eigenvalue weighted by molar-refractivity contribution is -0.384. The molecule has 0 unspecified atom stereocenters. The monoisotopic (exact) mass is 308 g/mol. The van der Waals surface area contributed by atoms with E-state index in [1.165, 1.54) is 12.1 Å². The minimum absolute atomic E-state index is 0.124. The predicted molar refractivity (Wildman–Crippen MR) is 75.7 cm³/mol. The van der Waals surface area contributed by atoms with Gasteiger partial charge in [0.1, 0.15) is 0 Å². The Hall–Kier alpha value is -1.99. The topological polar surface area (TPSA) is 108 Å². The van der Waals surface area contributed by atoms with Crippen molar-refractivity contribution in [1.29, 1.82) is 0 Å². The molecule has 1 aromatic heterocycles. The van der Waals surface area contributed by atoms with Crippen LogP contribution in [0.25, 0.3) is 11.5 Å². The summed E-state index contributed by atoms with van der Waals surface area (Å²) in [4.78, 5) is 14.6. The number of nitrogens with two attached hydrogens (primary N) is 1. The fourth-order valence-corrected chi connectivity index (χ4v) is 2.80. The summed E-state index contributed by atoms with van der Waals surface area (Å²) in [6, 6.07) is 4.16. The van der Waals surface area contributed by atoms with Gasteiger partial charge < -0.3 is 10.3 Å². The Kier molecular flexibility index (Phi) is 3.38. The molecule has 2 N–H and O–H groups in total. The van der Waals surface area contributed by atoms with Crippen LogP contribution in [-0.2, 0) is 5.54 Å². The van der Waals surface area contributed by atoms with Crippen LogP contribution < -0.4 is 5.73 Å². The van der Waals surface area contributed by atoms with Crippen molar-refractivity contribution in [3.8, 4) is 11.5 Å².